The molecule has 0 aliphatic rings. The molecule has 60 valence electrons. The second-order valence-corrected chi connectivity index (χ2v) is 3.31. The Morgan fingerprint density at radius 3 is 2.82 bits per heavy atom. The molecule has 0 radical (unpaired) electrons. The Bertz CT molecular complexity index is 258. The summed E-state index contributed by atoms with van der Waals surface area (Å²) in [7, 11) is 0. The summed E-state index contributed by atoms with van der Waals surface area (Å²) < 4.78 is 0. The van der Waals surface area contributed by atoms with Gasteiger partial charge in [0.1, 0.15) is 0 Å². The largest absolute Gasteiger partial charge is 0.232 e. The molecular formula is C8H12N2S. The van der Waals surface area contributed by atoms with Crippen LogP contribution in [0.1, 0.15) is 25.5 Å². The lowest BCUT2D eigenvalue weighted by molar-refractivity contribution is 0.779. The molecule has 0 aliphatic carbocycles. The van der Waals surface area contributed by atoms with Gasteiger partial charge in [-0.3, -0.25) is 0 Å². The zero-order valence-corrected chi connectivity index (χ0v) is 7.68. The van der Waals surface area contributed by atoms with Crippen molar-refractivity contribution in [3.8, 4) is 0 Å². The van der Waals surface area contributed by atoms with Crippen LogP contribution in [0.5, 0.6) is 0 Å². The second-order valence-electron chi connectivity index (χ2n) is 2.59. The van der Waals surface area contributed by atoms with Gasteiger partial charge in [-0.25, -0.2) is 9.97 Å². The van der Waals surface area contributed by atoms with Crippen LogP contribution in [-0.4, -0.2) is 15.8 Å². The molecule has 1 aromatic heterocycles. The second kappa shape index (κ2) is 3.62. The van der Waals surface area contributed by atoms with Gasteiger partial charge in [-0.05, 0) is 12.0 Å². The van der Waals surface area contributed by atoms with Gasteiger partial charge in [-0.2, -0.15) is 0 Å². The van der Waals surface area contributed by atoms with E-state index in [4.69, 9.17) is 0 Å². The Kier molecular flexibility index (Phi) is 2.76. The Labute approximate surface area is 70.7 Å². The molecular weight excluding hydrogens is 156 g/mol. The summed E-state index contributed by atoms with van der Waals surface area (Å²) in [6, 6.07) is 1.94. The molecule has 0 N–H and O–H groups in total. The fourth-order valence-corrected chi connectivity index (χ4v) is 1.09. The fraction of sp³-hybridized carbons (Fsp3) is 0.375. The third-order valence-electron chi connectivity index (χ3n) is 1.40. The van der Waals surface area contributed by atoms with Crippen LogP contribution < -0.4 is 0 Å². The maximum Gasteiger partial charge on any atom is 0.178 e. The normalized spacial score (nSPS) is 10.5. The number of nitrogens with zero attached hydrogens (tertiary/aromatic N) is 2. The maximum atomic E-state index is 4.30. The number of rotatable bonds is 2. The highest BCUT2D eigenvalue weighted by atomic mass is 32.1. The van der Waals surface area contributed by atoms with Gasteiger partial charge in [-0.1, -0.05) is 19.7 Å². The summed E-state index contributed by atoms with van der Waals surface area (Å²) in [5.74, 6) is 4.17. The summed E-state index contributed by atoms with van der Waals surface area (Å²) in [5, 5.41) is 0.802. The molecule has 0 bridgehead atoms. The summed E-state index contributed by atoms with van der Waals surface area (Å²) in [4.78, 5) is 8.36. The lowest BCUT2D eigenvalue weighted by Crippen LogP contribution is -1.94. The van der Waals surface area contributed by atoms with E-state index in [0.717, 1.165) is 22.2 Å². The van der Waals surface area contributed by atoms with E-state index in [1.54, 1.807) is 6.20 Å². The minimum Gasteiger partial charge on any atom is -0.232 e. The van der Waals surface area contributed by atoms with Crippen molar-refractivity contribution >= 4 is 17.2 Å². The first-order valence-electron chi connectivity index (χ1n) is 3.53. The van der Waals surface area contributed by atoms with Gasteiger partial charge in [0.2, 0.25) is 0 Å². The van der Waals surface area contributed by atoms with Gasteiger partial charge < -0.3 is 0 Å². The molecule has 1 heterocycles. The molecule has 0 atom stereocenters. The average Bonchev–Trinajstić information content (AvgIpc) is 2.05. The van der Waals surface area contributed by atoms with Gasteiger partial charge >= 0.3 is 0 Å². The smallest absolute Gasteiger partial charge is 0.178 e. The zero-order chi connectivity index (χ0) is 8.27. The Morgan fingerprint density at radius 1 is 1.55 bits per heavy atom. The molecule has 1 aromatic rings. The zero-order valence-electron chi connectivity index (χ0n) is 6.78. The lowest BCUT2D eigenvalue weighted by Gasteiger charge is -2.02. The van der Waals surface area contributed by atoms with Crippen LogP contribution in [-0.2, 0) is 0 Å². The quantitative estimate of drug-likeness (QED) is 0.414. The number of thiol groups is 1. The number of hydrogen-bond donors (Lipinski definition) is 1. The van der Waals surface area contributed by atoms with Gasteiger partial charge in [-0.15, -0.1) is 11.4 Å². The summed E-state index contributed by atoms with van der Waals surface area (Å²) in [5.41, 5.74) is 1.09. The first kappa shape index (κ1) is 8.40. The van der Waals surface area contributed by atoms with Crippen molar-refractivity contribution in [3.63, 3.8) is 0 Å². The number of hydrogen-bond acceptors (Lipinski definition) is 2. The van der Waals surface area contributed by atoms with E-state index in [9.17, 15) is 0 Å². The van der Waals surface area contributed by atoms with Crippen LogP contribution >= 0.6 is 11.4 Å². The molecule has 0 spiro atoms. The Hall–Kier alpha value is -0.700. The van der Waals surface area contributed by atoms with Crippen LogP contribution in [0.4, 0.5) is 0 Å². The van der Waals surface area contributed by atoms with E-state index in [0.29, 0.717) is 5.92 Å². The van der Waals surface area contributed by atoms with E-state index < -0.39 is 0 Å². The molecule has 3 heteroatoms. The molecule has 0 aromatic carbocycles. The van der Waals surface area contributed by atoms with Gasteiger partial charge in [0.15, 0.2) is 5.16 Å². The van der Waals surface area contributed by atoms with Crippen molar-refractivity contribution in [3.05, 3.63) is 18.0 Å². The van der Waals surface area contributed by atoms with Crippen LogP contribution in [0.25, 0.3) is 0 Å². The first-order valence-corrected chi connectivity index (χ1v) is 4.61. The molecule has 1 rings (SSSR count). The van der Waals surface area contributed by atoms with E-state index in [1.807, 2.05) is 6.07 Å². The molecule has 0 unspecified atom stereocenters. The molecule has 0 aliphatic heterocycles. The molecule has 0 amide bonds. The molecule has 2 nitrogen and oxygen atoms in total. The van der Waals surface area contributed by atoms with Gasteiger partial charge in [0, 0.05) is 11.9 Å². The van der Waals surface area contributed by atoms with E-state index >= 15 is 0 Å². The minimum atomic E-state index is 0.471. The van der Waals surface area contributed by atoms with E-state index in [2.05, 4.69) is 29.7 Å². The Morgan fingerprint density at radius 2 is 2.27 bits per heavy atom. The average molecular weight is 168 g/mol. The SMILES string of the molecule is C=[SH]c1nccc(C(C)C)n1. The van der Waals surface area contributed by atoms with E-state index in [-0.39, 0.29) is 0 Å². The van der Waals surface area contributed by atoms with Crippen LogP contribution in [0.3, 0.4) is 0 Å². The summed E-state index contributed by atoms with van der Waals surface area (Å²) in [6.45, 7) is 4.23. The van der Waals surface area contributed by atoms with Crippen molar-refractivity contribution in [2.45, 2.75) is 24.9 Å². The molecule has 0 fully saturated rings. The molecule has 0 saturated heterocycles. The highest BCUT2D eigenvalue weighted by molar-refractivity contribution is 7.96. The van der Waals surface area contributed by atoms with Crippen LogP contribution in [0, 0.1) is 0 Å². The number of aromatic nitrogens is 2. The minimum absolute atomic E-state index is 0.471. The fourth-order valence-electron chi connectivity index (χ4n) is 0.760. The van der Waals surface area contributed by atoms with Crippen molar-refractivity contribution in [1.82, 2.24) is 9.97 Å². The third-order valence-corrected chi connectivity index (χ3v) is 1.90. The monoisotopic (exact) mass is 168 g/mol. The molecule has 11 heavy (non-hydrogen) atoms. The molecule has 0 saturated carbocycles. The lowest BCUT2D eigenvalue weighted by atomic mass is 10.1. The van der Waals surface area contributed by atoms with Crippen molar-refractivity contribution < 1.29 is 0 Å². The van der Waals surface area contributed by atoms with Gasteiger partial charge in [0.25, 0.3) is 0 Å². The van der Waals surface area contributed by atoms with Crippen LogP contribution in [0.15, 0.2) is 17.4 Å². The van der Waals surface area contributed by atoms with Crippen molar-refractivity contribution in [2.75, 3.05) is 0 Å². The van der Waals surface area contributed by atoms with Crippen LogP contribution in [0.2, 0.25) is 0 Å². The highest BCUT2D eigenvalue weighted by Crippen LogP contribution is 2.11. The predicted octanol–water partition coefficient (Wildman–Crippen LogP) is 1.86. The summed E-state index contributed by atoms with van der Waals surface area (Å²) >= 11 is 0.888. The standard InChI is InChI=1S/C8H12N2S/c1-6(2)7-4-5-9-8(10-7)11-3/h4-6,11H,3H2,1-2H3. The summed E-state index contributed by atoms with van der Waals surface area (Å²) in [6.07, 6.45) is 1.79. The Balaban J connectivity index is 3.00. The topological polar surface area (TPSA) is 25.8 Å². The highest BCUT2D eigenvalue weighted by Gasteiger charge is 1.99. The van der Waals surface area contributed by atoms with Crippen molar-refractivity contribution in [1.29, 1.82) is 0 Å². The third kappa shape index (κ3) is 2.12. The van der Waals surface area contributed by atoms with E-state index in [1.165, 1.54) is 0 Å². The predicted molar refractivity (Wildman–Crippen MR) is 50.5 cm³/mol. The maximum absolute atomic E-state index is 4.30. The first-order chi connectivity index (χ1) is 5.24. The van der Waals surface area contributed by atoms with Gasteiger partial charge in [0.05, 0.1) is 0 Å². The van der Waals surface area contributed by atoms with Crippen molar-refractivity contribution in [2.24, 2.45) is 0 Å².